The van der Waals surface area contributed by atoms with E-state index >= 15 is 0 Å². The van der Waals surface area contributed by atoms with Crippen LogP contribution in [0.15, 0.2) is 22.7 Å². The average molecular weight is 325 g/mol. The molecule has 1 aliphatic rings. The molecule has 0 spiro atoms. The molecule has 1 fully saturated rings. The van der Waals surface area contributed by atoms with E-state index in [0.717, 1.165) is 22.9 Å². The summed E-state index contributed by atoms with van der Waals surface area (Å²) in [6.45, 7) is 2.66. The average Bonchev–Trinajstić information content (AvgIpc) is 2.39. The van der Waals surface area contributed by atoms with Gasteiger partial charge in [0.15, 0.2) is 0 Å². The summed E-state index contributed by atoms with van der Waals surface area (Å²) in [5.74, 6) is 0.416. The third-order valence-corrected chi connectivity index (χ3v) is 4.55. The molecule has 0 bridgehead atoms. The lowest BCUT2D eigenvalue weighted by molar-refractivity contribution is 0.0907. The smallest absolute Gasteiger partial charge is 0.252 e. The van der Waals surface area contributed by atoms with Gasteiger partial charge in [0.2, 0.25) is 0 Å². The van der Waals surface area contributed by atoms with Crippen LogP contribution < -0.4 is 11.1 Å². The summed E-state index contributed by atoms with van der Waals surface area (Å²) in [5.41, 5.74) is 7.64. The highest BCUT2D eigenvalue weighted by Gasteiger charge is 2.26. The molecule has 2 unspecified atom stereocenters. The molecule has 4 heteroatoms. The molecule has 1 aromatic carbocycles. The molecule has 0 heterocycles. The van der Waals surface area contributed by atoms with Gasteiger partial charge >= 0.3 is 0 Å². The van der Waals surface area contributed by atoms with Crippen LogP contribution in [0.1, 0.15) is 41.6 Å². The van der Waals surface area contributed by atoms with Gasteiger partial charge in [0, 0.05) is 10.5 Å². The number of nitrogens with two attached hydrogens (primary N) is 1. The topological polar surface area (TPSA) is 55.1 Å². The minimum Gasteiger partial charge on any atom is -0.349 e. The van der Waals surface area contributed by atoms with Crippen molar-refractivity contribution in [2.45, 2.75) is 38.6 Å². The Hall–Kier alpha value is -0.870. The predicted octanol–water partition coefficient (Wildman–Crippen LogP) is 3.00. The summed E-state index contributed by atoms with van der Waals surface area (Å²) in [6.07, 6.45) is 4.56. The van der Waals surface area contributed by atoms with Gasteiger partial charge in [0.05, 0.1) is 5.56 Å². The highest BCUT2D eigenvalue weighted by molar-refractivity contribution is 9.10. The van der Waals surface area contributed by atoms with Crippen molar-refractivity contribution >= 4 is 21.8 Å². The minimum absolute atomic E-state index is 0.00257. The lowest BCUT2D eigenvalue weighted by Crippen LogP contribution is -2.44. The minimum atomic E-state index is -0.00257. The van der Waals surface area contributed by atoms with Crippen molar-refractivity contribution in [3.8, 4) is 0 Å². The molecule has 1 amide bonds. The fraction of sp³-hybridized carbons (Fsp3) is 0.533. The van der Waals surface area contributed by atoms with E-state index < -0.39 is 0 Å². The molecule has 1 aromatic rings. The Morgan fingerprint density at radius 2 is 2.16 bits per heavy atom. The first kappa shape index (κ1) is 14.5. The van der Waals surface area contributed by atoms with Crippen LogP contribution in [0.2, 0.25) is 0 Å². The first-order chi connectivity index (χ1) is 9.11. The number of rotatable bonds is 3. The molecule has 0 aliphatic heterocycles. The Kier molecular flexibility index (Phi) is 4.99. The Morgan fingerprint density at radius 1 is 1.42 bits per heavy atom. The van der Waals surface area contributed by atoms with E-state index in [4.69, 9.17) is 5.73 Å². The van der Waals surface area contributed by atoms with Crippen molar-refractivity contribution in [2.75, 3.05) is 6.54 Å². The maximum absolute atomic E-state index is 12.3. The van der Waals surface area contributed by atoms with Crippen LogP contribution >= 0.6 is 15.9 Å². The normalized spacial score (nSPS) is 23.1. The third kappa shape index (κ3) is 3.57. The highest BCUT2D eigenvalue weighted by Crippen LogP contribution is 2.25. The van der Waals surface area contributed by atoms with Crippen LogP contribution in [0.25, 0.3) is 0 Å². The van der Waals surface area contributed by atoms with E-state index in [9.17, 15) is 4.79 Å². The second kappa shape index (κ2) is 6.53. The second-order valence-electron chi connectivity index (χ2n) is 5.34. The maximum atomic E-state index is 12.3. The van der Waals surface area contributed by atoms with Crippen LogP contribution in [-0.4, -0.2) is 18.5 Å². The first-order valence-corrected chi connectivity index (χ1v) is 7.68. The fourth-order valence-corrected chi connectivity index (χ4v) is 3.40. The van der Waals surface area contributed by atoms with Gasteiger partial charge in [-0.2, -0.15) is 0 Å². The number of benzene rings is 1. The van der Waals surface area contributed by atoms with E-state index in [2.05, 4.69) is 21.2 Å². The Labute approximate surface area is 123 Å². The lowest BCUT2D eigenvalue weighted by atomic mass is 9.84. The van der Waals surface area contributed by atoms with Crippen molar-refractivity contribution in [3.05, 3.63) is 33.8 Å². The first-order valence-electron chi connectivity index (χ1n) is 6.89. The van der Waals surface area contributed by atoms with E-state index in [-0.39, 0.29) is 11.9 Å². The van der Waals surface area contributed by atoms with Crippen LogP contribution in [0.4, 0.5) is 0 Å². The van der Waals surface area contributed by atoms with Crippen LogP contribution in [0.3, 0.4) is 0 Å². The van der Waals surface area contributed by atoms with Crippen molar-refractivity contribution in [3.63, 3.8) is 0 Å². The molecule has 1 saturated carbocycles. The number of carbonyl (C=O) groups is 1. The summed E-state index contributed by atoms with van der Waals surface area (Å²) in [5, 5.41) is 3.15. The van der Waals surface area contributed by atoms with Gasteiger partial charge in [0.1, 0.15) is 0 Å². The predicted molar refractivity (Wildman–Crippen MR) is 81.1 cm³/mol. The number of amides is 1. The Morgan fingerprint density at radius 3 is 2.84 bits per heavy atom. The quantitative estimate of drug-likeness (QED) is 0.898. The summed E-state index contributed by atoms with van der Waals surface area (Å²) in [6, 6.07) is 6.02. The molecule has 0 radical (unpaired) electrons. The molecule has 3 nitrogen and oxygen atoms in total. The second-order valence-corrected chi connectivity index (χ2v) is 6.20. The summed E-state index contributed by atoms with van der Waals surface area (Å²) >= 11 is 3.46. The van der Waals surface area contributed by atoms with Gasteiger partial charge in [-0.15, -0.1) is 0 Å². The Bertz CT molecular complexity index is 461. The molecule has 2 rings (SSSR count). The van der Waals surface area contributed by atoms with Crippen LogP contribution in [0, 0.1) is 12.8 Å². The van der Waals surface area contributed by atoms with E-state index in [1.807, 2.05) is 25.1 Å². The standard InChI is InChI=1S/C15H21BrN2O/c1-10-6-7-12(13(16)8-10)15(19)18-14-5-3-2-4-11(14)9-17/h6-8,11,14H,2-5,9,17H2,1H3,(H,18,19). The molecule has 104 valence electrons. The van der Waals surface area contributed by atoms with Crippen molar-refractivity contribution in [1.29, 1.82) is 0 Å². The summed E-state index contributed by atoms with van der Waals surface area (Å²) < 4.78 is 0.852. The van der Waals surface area contributed by atoms with E-state index in [1.54, 1.807) is 0 Å². The van der Waals surface area contributed by atoms with E-state index in [0.29, 0.717) is 18.0 Å². The zero-order valence-electron chi connectivity index (χ0n) is 11.3. The largest absolute Gasteiger partial charge is 0.349 e. The number of carbonyl (C=O) groups excluding carboxylic acids is 1. The lowest BCUT2D eigenvalue weighted by Gasteiger charge is -2.31. The number of aryl methyl sites for hydroxylation is 1. The van der Waals surface area contributed by atoms with Crippen LogP contribution in [-0.2, 0) is 0 Å². The highest BCUT2D eigenvalue weighted by atomic mass is 79.9. The van der Waals surface area contributed by atoms with Gasteiger partial charge in [-0.1, -0.05) is 18.9 Å². The zero-order chi connectivity index (χ0) is 13.8. The summed E-state index contributed by atoms with van der Waals surface area (Å²) in [7, 11) is 0. The maximum Gasteiger partial charge on any atom is 0.252 e. The van der Waals surface area contributed by atoms with Crippen molar-refractivity contribution in [1.82, 2.24) is 5.32 Å². The molecule has 2 atom stereocenters. The molecule has 19 heavy (non-hydrogen) atoms. The molecule has 1 aliphatic carbocycles. The third-order valence-electron chi connectivity index (χ3n) is 3.90. The van der Waals surface area contributed by atoms with Crippen LogP contribution in [0.5, 0.6) is 0 Å². The van der Waals surface area contributed by atoms with Crippen molar-refractivity contribution in [2.24, 2.45) is 11.7 Å². The van der Waals surface area contributed by atoms with Gasteiger partial charge in [0.25, 0.3) is 5.91 Å². The SMILES string of the molecule is Cc1ccc(C(=O)NC2CCCCC2CN)c(Br)c1. The zero-order valence-corrected chi connectivity index (χ0v) is 12.9. The monoisotopic (exact) mass is 324 g/mol. The molecule has 0 saturated heterocycles. The van der Waals surface area contributed by atoms with Gasteiger partial charge in [-0.3, -0.25) is 4.79 Å². The number of hydrogen-bond donors (Lipinski definition) is 2. The molecular formula is C15H21BrN2O. The van der Waals surface area contributed by atoms with Gasteiger partial charge in [-0.05, 0) is 65.9 Å². The molecular weight excluding hydrogens is 304 g/mol. The number of hydrogen-bond acceptors (Lipinski definition) is 2. The molecule has 0 aromatic heterocycles. The van der Waals surface area contributed by atoms with Gasteiger partial charge in [-0.25, -0.2) is 0 Å². The van der Waals surface area contributed by atoms with Gasteiger partial charge < -0.3 is 11.1 Å². The summed E-state index contributed by atoms with van der Waals surface area (Å²) in [4.78, 5) is 12.3. The number of nitrogens with one attached hydrogen (secondary N) is 1. The molecule has 3 N–H and O–H groups in total. The van der Waals surface area contributed by atoms with E-state index in [1.165, 1.54) is 12.8 Å². The Balaban J connectivity index is 2.07. The number of halogens is 1. The fourth-order valence-electron chi connectivity index (χ4n) is 2.73. The van der Waals surface area contributed by atoms with Crippen molar-refractivity contribution < 1.29 is 4.79 Å².